The Hall–Kier alpha value is -4.05. The minimum atomic E-state index is -0.750. The lowest BCUT2D eigenvalue weighted by atomic mass is 9.68. The van der Waals surface area contributed by atoms with Crippen LogP contribution in [0.3, 0.4) is 0 Å². The quantitative estimate of drug-likeness (QED) is 0.288. The number of anilines is 2. The predicted octanol–water partition coefficient (Wildman–Crippen LogP) is 5.88. The number of para-hydroxylation sites is 1. The number of nitriles is 1. The third kappa shape index (κ3) is 6.06. The van der Waals surface area contributed by atoms with E-state index in [1.165, 1.54) is 30.2 Å². The molecule has 2 heterocycles. The van der Waals surface area contributed by atoms with Crippen LogP contribution in [0.15, 0.2) is 69.5 Å². The van der Waals surface area contributed by atoms with Gasteiger partial charge < -0.3 is 20.5 Å². The minimum absolute atomic E-state index is 0.0752. The number of hydrogen-bond donors (Lipinski definition) is 2. The van der Waals surface area contributed by atoms with Crippen molar-refractivity contribution in [3.63, 3.8) is 0 Å². The Morgan fingerprint density at radius 1 is 1.23 bits per heavy atom. The molecule has 0 fully saturated rings. The fraction of sp³-hybridized carbons (Fsp3) is 0.300. The van der Waals surface area contributed by atoms with Crippen LogP contribution >= 0.6 is 34.7 Å². The van der Waals surface area contributed by atoms with Gasteiger partial charge in [0.2, 0.25) is 11.0 Å². The third-order valence-electron chi connectivity index (χ3n) is 7.19. The van der Waals surface area contributed by atoms with Gasteiger partial charge in [0.15, 0.2) is 10.1 Å². The zero-order valence-corrected chi connectivity index (χ0v) is 26.3. The summed E-state index contributed by atoms with van der Waals surface area (Å²) in [5.74, 6) is 0.218. The standard InChI is InChI=1S/C30H29ClN6O4S2/c1-30(2)12-21-26(22(38)13-30)25(17-11-16(40-3)9-10-23(17)41-4)18(14-32)27(33)37(21)28-35-36-29(43-28)42-15-24(39)34-20-8-6-5-7-19(20)31/h5-11,25H,12-13,15,33H2,1-4H3,(H,34,39). The summed E-state index contributed by atoms with van der Waals surface area (Å²) in [4.78, 5) is 28.1. The van der Waals surface area contributed by atoms with Crippen molar-refractivity contribution in [2.75, 3.05) is 30.2 Å². The molecule has 10 nitrogen and oxygen atoms in total. The number of rotatable bonds is 8. The number of amides is 1. The molecule has 43 heavy (non-hydrogen) atoms. The van der Waals surface area contributed by atoms with Crippen LogP contribution < -0.4 is 25.4 Å². The molecule has 222 valence electrons. The van der Waals surface area contributed by atoms with E-state index in [0.717, 1.165) is 0 Å². The van der Waals surface area contributed by atoms with E-state index < -0.39 is 5.92 Å². The fourth-order valence-corrected chi connectivity index (χ4v) is 7.19. The van der Waals surface area contributed by atoms with Crippen LogP contribution in [-0.2, 0) is 9.59 Å². The molecule has 3 aromatic rings. The maximum absolute atomic E-state index is 13.9. The summed E-state index contributed by atoms with van der Waals surface area (Å²) in [6, 6.07) is 14.5. The molecule has 5 rings (SSSR count). The number of nitrogens with zero attached hydrogens (tertiary/aromatic N) is 4. The van der Waals surface area contributed by atoms with Crippen molar-refractivity contribution in [2.24, 2.45) is 11.1 Å². The molecule has 0 saturated carbocycles. The van der Waals surface area contributed by atoms with E-state index in [-0.39, 0.29) is 34.3 Å². The van der Waals surface area contributed by atoms with E-state index in [9.17, 15) is 14.9 Å². The van der Waals surface area contributed by atoms with Crippen molar-refractivity contribution in [2.45, 2.75) is 36.9 Å². The number of nitrogens with one attached hydrogen (secondary N) is 1. The summed E-state index contributed by atoms with van der Waals surface area (Å²) in [7, 11) is 3.09. The number of hydrogen-bond acceptors (Lipinski definition) is 11. The number of carbonyl (C=O) groups excluding carboxylic acids is 2. The Labute approximate surface area is 262 Å². The van der Waals surface area contributed by atoms with E-state index in [2.05, 4.69) is 21.6 Å². The highest BCUT2D eigenvalue weighted by Gasteiger charge is 2.46. The van der Waals surface area contributed by atoms with Crippen LogP contribution in [-0.4, -0.2) is 41.9 Å². The number of ketones is 1. The second-order valence-corrected chi connectivity index (χ2v) is 13.3. The first-order chi connectivity index (χ1) is 20.6. The highest BCUT2D eigenvalue weighted by molar-refractivity contribution is 8.01. The monoisotopic (exact) mass is 636 g/mol. The highest BCUT2D eigenvalue weighted by atomic mass is 35.5. The third-order valence-corrected chi connectivity index (χ3v) is 9.56. The van der Waals surface area contributed by atoms with Gasteiger partial charge in [0.05, 0.1) is 48.2 Å². The van der Waals surface area contributed by atoms with Crippen LogP contribution in [0.1, 0.15) is 38.2 Å². The van der Waals surface area contributed by atoms with Gasteiger partial charge >= 0.3 is 0 Å². The number of aromatic nitrogens is 2. The average Bonchev–Trinajstić information content (AvgIpc) is 3.44. The number of ether oxygens (including phenoxy) is 2. The van der Waals surface area contributed by atoms with Gasteiger partial charge in [-0.05, 0) is 42.2 Å². The molecule has 1 aliphatic carbocycles. The van der Waals surface area contributed by atoms with Crippen LogP contribution in [0.25, 0.3) is 0 Å². The van der Waals surface area contributed by atoms with Gasteiger partial charge in [-0.25, -0.2) is 0 Å². The van der Waals surface area contributed by atoms with Crippen LogP contribution in [0, 0.1) is 16.7 Å². The zero-order valence-electron chi connectivity index (χ0n) is 23.9. The molecule has 1 atom stereocenters. The van der Waals surface area contributed by atoms with Crippen molar-refractivity contribution in [3.05, 3.63) is 75.7 Å². The van der Waals surface area contributed by atoms with Gasteiger partial charge in [-0.1, -0.05) is 60.7 Å². The molecule has 2 aromatic carbocycles. The lowest BCUT2D eigenvalue weighted by Gasteiger charge is -2.42. The largest absolute Gasteiger partial charge is 0.497 e. The Kier molecular flexibility index (Phi) is 8.69. The molecule has 1 aliphatic heterocycles. The summed E-state index contributed by atoms with van der Waals surface area (Å²) in [6.07, 6.45) is 0.817. The van der Waals surface area contributed by atoms with Crippen LogP contribution in [0.2, 0.25) is 5.02 Å². The highest BCUT2D eigenvalue weighted by Crippen LogP contribution is 2.52. The van der Waals surface area contributed by atoms with Crippen molar-refractivity contribution >= 4 is 57.2 Å². The number of allylic oxidation sites excluding steroid dienone is 3. The first-order valence-corrected chi connectivity index (χ1v) is 15.4. The molecule has 0 saturated heterocycles. The van der Waals surface area contributed by atoms with Crippen molar-refractivity contribution in [1.82, 2.24) is 10.2 Å². The molecule has 0 radical (unpaired) electrons. The van der Waals surface area contributed by atoms with Crippen LogP contribution in [0.4, 0.5) is 10.8 Å². The van der Waals surface area contributed by atoms with Gasteiger partial charge in [-0.2, -0.15) is 5.26 Å². The molecule has 3 N–H and O–H groups in total. The number of halogens is 1. The molecule has 0 spiro atoms. The number of methoxy groups -OCH3 is 2. The summed E-state index contributed by atoms with van der Waals surface area (Å²) >= 11 is 8.58. The number of benzene rings is 2. The molecule has 1 amide bonds. The predicted molar refractivity (Wildman–Crippen MR) is 167 cm³/mol. The second kappa shape index (κ2) is 12.3. The summed E-state index contributed by atoms with van der Waals surface area (Å²) < 4.78 is 11.6. The van der Waals surface area contributed by atoms with Crippen LogP contribution in [0.5, 0.6) is 11.5 Å². The number of Topliss-reactive ketones (excluding diaryl/α,β-unsaturated/α-hetero) is 1. The first-order valence-electron chi connectivity index (χ1n) is 13.3. The SMILES string of the molecule is COc1ccc(OC)c(C2C(C#N)=C(N)N(c3nnc(SCC(=O)Nc4ccccc4Cl)s3)C3=C2C(=O)CC(C)(C)C3)c1. The molecule has 13 heteroatoms. The number of carbonyl (C=O) groups is 2. The average molecular weight is 637 g/mol. The Bertz CT molecular complexity index is 1710. The molecule has 1 aromatic heterocycles. The Balaban J connectivity index is 1.52. The smallest absolute Gasteiger partial charge is 0.234 e. The first kappa shape index (κ1) is 30.4. The maximum atomic E-state index is 13.9. The van der Waals surface area contributed by atoms with E-state index in [1.807, 2.05) is 13.8 Å². The van der Waals surface area contributed by atoms with Gasteiger partial charge in [-0.15, -0.1) is 10.2 Å². The van der Waals surface area contributed by atoms with E-state index >= 15 is 0 Å². The lowest BCUT2D eigenvalue weighted by Crippen LogP contribution is -2.42. The van der Waals surface area contributed by atoms with Crippen molar-refractivity contribution in [3.8, 4) is 17.6 Å². The minimum Gasteiger partial charge on any atom is -0.497 e. The van der Waals surface area contributed by atoms with Crippen molar-refractivity contribution < 1.29 is 19.1 Å². The van der Waals surface area contributed by atoms with Gasteiger partial charge in [0.1, 0.15) is 17.3 Å². The molecule has 0 bridgehead atoms. The Morgan fingerprint density at radius 2 is 2.00 bits per heavy atom. The summed E-state index contributed by atoms with van der Waals surface area (Å²) in [5, 5.41) is 22.7. The lowest BCUT2D eigenvalue weighted by molar-refractivity contribution is -0.118. The zero-order chi connectivity index (χ0) is 30.9. The molecular weight excluding hydrogens is 608 g/mol. The number of thioether (sulfide) groups is 1. The summed E-state index contributed by atoms with van der Waals surface area (Å²) in [5.41, 5.74) is 8.85. The van der Waals surface area contributed by atoms with E-state index in [1.54, 1.807) is 54.5 Å². The Morgan fingerprint density at radius 3 is 2.70 bits per heavy atom. The summed E-state index contributed by atoms with van der Waals surface area (Å²) in [6.45, 7) is 4.04. The topological polar surface area (TPSA) is 143 Å². The van der Waals surface area contributed by atoms with Gasteiger partial charge in [0.25, 0.3) is 0 Å². The molecule has 1 unspecified atom stereocenters. The molecular formula is C30H29ClN6O4S2. The van der Waals surface area contributed by atoms with Gasteiger partial charge in [0, 0.05) is 23.3 Å². The normalized spacial score (nSPS) is 17.8. The van der Waals surface area contributed by atoms with Crippen molar-refractivity contribution in [1.29, 1.82) is 5.26 Å². The van der Waals surface area contributed by atoms with Gasteiger partial charge in [-0.3, -0.25) is 14.5 Å². The maximum Gasteiger partial charge on any atom is 0.234 e. The molecule has 2 aliphatic rings. The number of nitrogens with two attached hydrogens (primary N) is 1. The second-order valence-electron chi connectivity index (χ2n) is 10.8. The van der Waals surface area contributed by atoms with E-state index in [0.29, 0.717) is 61.4 Å². The van der Waals surface area contributed by atoms with E-state index in [4.69, 9.17) is 26.8 Å². The fourth-order valence-electron chi connectivity index (χ4n) is 5.33.